The summed E-state index contributed by atoms with van der Waals surface area (Å²) in [5, 5.41) is 7.59. The number of allylic oxidation sites excluding steroid dienone is 1. The van der Waals surface area contributed by atoms with Crippen LogP contribution in [0.2, 0.25) is 18.1 Å². The minimum Gasteiger partial charge on any atom is -0.518 e. The molecule has 0 spiro atoms. The Hall–Kier alpha value is -3.33. The maximum absolute atomic E-state index is 10.1. The number of alkyl halides is 1. The van der Waals surface area contributed by atoms with Crippen LogP contribution < -0.4 is 28.3 Å². The number of benzene rings is 2. The van der Waals surface area contributed by atoms with Gasteiger partial charge < -0.3 is 39.5 Å². The van der Waals surface area contributed by atoms with Gasteiger partial charge in [-0.1, -0.05) is 123 Å². The summed E-state index contributed by atoms with van der Waals surface area (Å²) in [6.45, 7) is 35.7. The molecule has 9 atom stereocenters. The summed E-state index contributed by atoms with van der Waals surface area (Å²) in [6.07, 6.45) is 13.4. The molecule has 1 aliphatic rings. The fourth-order valence-corrected chi connectivity index (χ4v) is 7.03. The molecule has 0 radical (unpaired) electrons. The fraction of sp³-hybridized carbons (Fsp3) is 0.580. The van der Waals surface area contributed by atoms with Crippen LogP contribution >= 0.6 is 22.6 Å². The van der Waals surface area contributed by atoms with E-state index >= 15 is 0 Å². The van der Waals surface area contributed by atoms with E-state index in [9.17, 15) is 4.79 Å². The zero-order valence-corrected chi connectivity index (χ0v) is 45.3. The van der Waals surface area contributed by atoms with Gasteiger partial charge in [-0.05, 0) is 114 Å². The predicted octanol–water partition coefficient (Wildman–Crippen LogP) is 11.0. The van der Waals surface area contributed by atoms with Crippen molar-refractivity contribution < 1.29 is 51.8 Å². The standard InChI is InChI=1S/C20H30IN3O2.C13H17O2.C11H22O2Si.C6H9N3O.Li/c1-15(17(3)20(12-13-21)23-24-22)6-5-7-16(2)26-14-18-8-10-19(25-4)11-9-18;1-4-5-11(2)15-10-12-6-8-13(14-3)9-7-12;1-7-9-10(13-9)8-12-14(5,6)11(2,3)4;1-3-6(8-9-7)5(2)4-10;/h5-6,8-11,15-17,20H,7,12-14H2,1-4H3;1,4,6-9,11H,5,10H2,2-3H3;7,9-10H,1,8H2,2-6H3;3-6H,1H2,2H3;/q;-1;;;+1/b6-5-;;;;/t15?,16-,17-,20+;11-;9-,10-;5-,6+;/m1111./s1. The Morgan fingerprint density at radius 3 is 1.74 bits per heavy atom. The maximum Gasteiger partial charge on any atom is 1.00 e. The number of carbonyl (C=O) groups is 1. The van der Waals surface area contributed by atoms with Gasteiger partial charge in [0.15, 0.2) is 8.32 Å². The third-order valence-electron chi connectivity index (χ3n) is 11.3. The Bertz CT molecular complexity index is 1770. The van der Waals surface area contributed by atoms with Crippen molar-refractivity contribution in [3.63, 3.8) is 0 Å². The quantitative estimate of drug-likeness (QED) is 0.00861. The van der Waals surface area contributed by atoms with Crippen molar-refractivity contribution in [3.8, 4) is 11.5 Å². The number of carbonyl (C=O) groups excluding carboxylic acids is 1. The van der Waals surface area contributed by atoms with E-state index in [4.69, 9.17) is 45.8 Å². The molecule has 3 rings (SSSR count). The van der Waals surface area contributed by atoms with Crippen LogP contribution in [0.3, 0.4) is 0 Å². The molecule has 13 nitrogen and oxygen atoms in total. The van der Waals surface area contributed by atoms with Crippen molar-refractivity contribution in [2.24, 2.45) is 28.0 Å². The number of hydrogen-bond acceptors (Lipinski definition) is 9. The Kier molecular flexibility index (Phi) is 36.0. The van der Waals surface area contributed by atoms with Crippen molar-refractivity contribution in [3.05, 3.63) is 131 Å². The molecule has 362 valence electrons. The average molecular weight is 1040 g/mol. The summed E-state index contributed by atoms with van der Waals surface area (Å²) in [7, 11) is 1.74. The molecule has 66 heavy (non-hydrogen) atoms. The monoisotopic (exact) mass is 1040 g/mol. The van der Waals surface area contributed by atoms with Crippen molar-refractivity contribution in [2.75, 3.05) is 25.3 Å². The molecule has 2 aromatic rings. The zero-order valence-electron chi connectivity index (χ0n) is 42.1. The number of nitrogens with zero attached hydrogens (tertiary/aromatic N) is 6. The number of azide groups is 2. The molecule has 0 saturated carbocycles. The third kappa shape index (κ3) is 28.1. The molecule has 0 aliphatic carbocycles. The van der Waals surface area contributed by atoms with Crippen molar-refractivity contribution in [1.29, 1.82) is 0 Å². The van der Waals surface area contributed by atoms with Gasteiger partial charge in [-0.15, -0.1) is 13.2 Å². The molecule has 2 aromatic carbocycles. The minimum absolute atomic E-state index is 0. The molecule has 0 aromatic heterocycles. The Morgan fingerprint density at radius 1 is 0.864 bits per heavy atom. The van der Waals surface area contributed by atoms with Gasteiger partial charge in [-0.3, -0.25) is 6.08 Å². The van der Waals surface area contributed by atoms with Crippen molar-refractivity contribution in [1.82, 2.24) is 0 Å². The minimum atomic E-state index is -1.58. The fourth-order valence-electron chi connectivity index (χ4n) is 5.37. The number of rotatable bonds is 26. The molecule has 0 bridgehead atoms. The average Bonchev–Trinajstić information content (AvgIpc) is 4.07. The van der Waals surface area contributed by atoms with Crippen LogP contribution in [0.4, 0.5) is 0 Å². The number of methoxy groups -OCH3 is 2. The summed E-state index contributed by atoms with van der Waals surface area (Å²) in [4.78, 5) is 15.7. The van der Waals surface area contributed by atoms with E-state index < -0.39 is 14.4 Å². The molecule has 1 aliphatic heterocycles. The van der Waals surface area contributed by atoms with Gasteiger partial charge in [0.1, 0.15) is 30.0 Å². The molecule has 1 fully saturated rings. The van der Waals surface area contributed by atoms with Gasteiger partial charge in [0.2, 0.25) is 0 Å². The first-order valence-corrected chi connectivity index (χ1v) is 26.6. The summed E-state index contributed by atoms with van der Waals surface area (Å²) in [5.41, 5.74) is 19.0. The second-order valence-corrected chi connectivity index (χ2v) is 23.3. The Balaban J connectivity index is 0. The summed E-state index contributed by atoms with van der Waals surface area (Å²) < 4.78 is 34.1. The molecule has 1 heterocycles. The van der Waals surface area contributed by atoms with Gasteiger partial charge in [-0.25, -0.2) is 0 Å². The molecule has 1 unspecified atom stereocenters. The molecular weight excluding hydrogens is 959 g/mol. The molecule has 0 amide bonds. The largest absolute Gasteiger partial charge is 1.00 e. The second-order valence-electron chi connectivity index (χ2n) is 17.4. The molecular formula is C50H78ILiN6O7Si. The number of ether oxygens (including phenoxy) is 5. The van der Waals surface area contributed by atoms with E-state index in [-0.39, 0.29) is 60.3 Å². The van der Waals surface area contributed by atoms with Gasteiger partial charge in [0, 0.05) is 21.8 Å². The molecule has 16 heteroatoms. The van der Waals surface area contributed by atoms with Crippen LogP contribution in [0.25, 0.3) is 20.9 Å². The first kappa shape index (κ1) is 64.8. The number of epoxide rings is 1. The SMILES string of the molecule is C=C[C@H](N=[N+]=[N-])[C@H](C)C=O.C=C[C@H]1O[C@@H]1CO[Si](C)(C)C(C)(C)C.COc1ccc(CO[C@H](C)C/C=C\C(C)[C@@H](C)[C@H](CCI)N=[N+]=[N-])cc1.[CH-]=CC[C@@H](C)OCc1ccc(OC)cc1.[Li+]. The first-order chi connectivity index (χ1) is 30.8. The van der Waals surface area contributed by atoms with Gasteiger partial charge in [0.05, 0.1) is 52.3 Å². The Morgan fingerprint density at radius 2 is 1.36 bits per heavy atom. The van der Waals surface area contributed by atoms with Crippen LogP contribution in [-0.2, 0) is 36.6 Å². The van der Waals surface area contributed by atoms with Gasteiger partial charge in [-0.2, -0.15) is 0 Å². The van der Waals surface area contributed by atoms with E-state index in [0.717, 1.165) is 59.2 Å². The number of hydrogen-bond donors (Lipinski definition) is 0. The van der Waals surface area contributed by atoms with E-state index in [1.54, 1.807) is 27.2 Å². The second kappa shape index (κ2) is 36.7. The van der Waals surface area contributed by atoms with E-state index in [2.05, 4.69) is 123 Å². The predicted molar refractivity (Wildman–Crippen MR) is 277 cm³/mol. The van der Waals surface area contributed by atoms with Crippen molar-refractivity contribution in [2.45, 2.75) is 142 Å². The van der Waals surface area contributed by atoms with Crippen LogP contribution in [0, 0.1) is 24.3 Å². The van der Waals surface area contributed by atoms with Crippen LogP contribution in [0.1, 0.15) is 85.8 Å². The third-order valence-corrected chi connectivity index (χ3v) is 16.4. The van der Waals surface area contributed by atoms with Crippen LogP contribution in [0.5, 0.6) is 11.5 Å². The van der Waals surface area contributed by atoms with Crippen LogP contribution in [-0.4, -0.2) is 76.4 Å². The number of halogens is 1. The van der Waals surface area contributed by atoms with E-state index in [1.165, 1.54) is 6.08 Å². The van der Waals surface area contributed by atoms with Crippen molar-refractivity contribution >= 4 is 37.2 Å². The van der Waals surface area contributed by atoms with Crippen LogP contribution in [0.15, 0.2) is 102 Å². The Labute approximate surface area is 424 Å². The summed E-state index contributed by atoms with van der Waals surface area (Å²) in [5.74, 6) is 2.12. The molecule has 0 N–H and O–H groups in total. The maximum atomic E-state index is 10.1. The van der Waals surface area contributed by atoms with E-state index in [0.29, 0.717) is 25.0 Å². The van der Waals surface area contributed by atoms with E-state index in [1.807, 2.05) is 61.5 Å². The normalized spacial score (nSPS) is 17.0. The summed E-state index contributed by atoms with van der Waals surface area (Å²) in [6, 6.07) is 15.4. The molecule has 1 saturated heterocycles. The zero-order chi connectivity index (χ0) is 49.4. The smallest absolute Gasteiger partial charge is 0.518 e. The first-order valence-electron chi connectivity index (χ1n) is 22.1. The summed E-state index contributed by atoms with van der Waals surface area (Å²) >= 11 is 2.33. The van der Waals surface area contributed by atoms with Gasteiger partial charge >= 0.3 is 18.9 Å². The van der Waals surface area contributed by atoms with Gasteiger partial charge in [0.25, 0.3) is 0 Å². The topological polar surface area (TPSA) is 173 Å². The number of aldehydes is 1.